The number of hydrogen-bond donors (Lipinski definition) is 0. The normalized spacial score (nSPS) is 12.0. The summed E-state index contributed by atoms with van der Waals surface area (Å²) in [5, 5.41) is 12.1. The van der Waals surface area contributed by atoms with Crippen LogP contribution in [0.4, 0.5) is 0 Å². The number of tetrazole rings is 1. The minimum absolute atomic E-state index is 0.306. The molecule has 0 aliphatic carbocycles. The quantitative estimate of drug-likeness (QED) is 0.488. The minimum atomic E-state index is -0.536. The molecule has 0 aliphatic rings. The van der Waals surface area contributed by atoms with Gasteiger partial charge in [0.15, 0.2) is 0 Å². The smallest absolute Gasteiger partial charge is 0.324 e. The van der Waals surface area contributed by atoms with Crippen molar-refractivity contribution in [2.75, 3.05) is 6.61 Å². The Morgan fingerprint density at radius 2 is 1.96 bits per heavy atom. The molecule has 3 aromatic rings. The van der Waals surface area contributed by atoms with Gasteiger partial charge in [-0.15, -0.1) is 5.10 Å². The van der Waals surface area contributed by atoms with E-state index in [0.717, 1.165) is 22.4 Å². The van der Waals surface area contributed by atoms with Gasteiger partial charge in [-0.2, -0.15) is 4.68 Å². The molecule has 6 nitrogen and oxygen atoms in total. The number of benzene rings is 2. The van der Waals surface area contributed by atoms with E-state index in [9.17, 15) is 4.79 Å². The Balaban J connectivity index is 1.97. The fraction of sp³-hybridized carbons (Fsp3) is 0.263. The Morgan fingerprint density at radius 1 is 1.19 bits per heavy atom. The number of aromatic nitrogens is 4. The highest BCUT2D eigenvalue weighted by molar-refractivity contribution is 8.00. The molecule has 0 unspecified atom stereocenters. The summed E-state index contributed by atoms with van der Waals surface area (Å²) in [6.45, 7) is 6.14. The van der Waals surface area contributed by atoms with Crippen LogP contribution >= 0.6 is 11.8 Å². The van der Waals surface area contributed by atoms with Crippen molar-refractivity contribution in [3.05, 3.63) is 65.2 Å². The van der Waals surface area contributed by atoms with Crippen molar-refractivity contribution in [1.29, 1.82) is 0 Å². The van der Waals surface area contributed by atoms with Crippen molar-refractivity contribution in [1.82, 2.24) is 20.2 Å². The van der Waals surface area contributed by atoms with Gasteiger partial charge < -0.3 is 4.74 Å². The number of aryl methyl sites for hydroxylation is 2. The second-order valence-corrected chi connectivity index (χ2v) is 6.90. The van der Waals surface area contributed by atoms with Crippen molar-refractivity contribution in [3.63, 3.8) is 0 Å². The number of rotatable bonds is 6. The molecule has 0 fully saturated rings. The fourth-order valence-electron chi connectivity index (χ4n) is 2.55. The predicted molar refractivity (Wildman–Crippen MR) is 100 cm³/mol. The molecule has 0 saturated heterocycles. The molecule has 134 valence electrons. The molecule has 0 aliphatic heterocycles. The first-order chi connectivity index (χ1) is 12.6. The molecule has 3 rings (SSSR count). The van der Waals surface area contributed by atoms with Gasteiger partial charge in [0, 0.05) is 0 Å². The monoisotopic (exact) mass is 368 g/mol. The average Bonchev–Trinajstić information content (AvgIpc) is 3.10. The molecule has 0 amide bonds. The molecular formula is C19H20N4O2S. The standard InChI is InChI=1S/C19H20N4O2S/c1-4-25-18(24)17(15-8-6-5-7-9-15)26-19-20-21-22-23(19)16-12-13(2)10-11-14(16)3/h5-12,17H,4H2,1-3H3/t17-/m0/s1. The second kappa shape index (κ2) is 8.14. The predicted octanol–water partition coefficient (Wildman–Crippen LogP) is 3.68. The van der Waals surface area contributed by atoms with Crippen LogP contribution in [0, 0.1) is 13.8 Å². The Morgan fingerprint density at radius 3 is 2.69 bits per heavy atom. The van der Waals surface area contributed by atoms with Crippen LogP contribution in [-0.4, -0.2) is 32.8 Å². The fourth-order valence-corrected chi connectivity index (χ4v) is 3.54. The summed E-state index contributed by atoms with van der Waals surface area (Å²) in [7, 11) is 0. The maximum absolute atomic E-state index is 12.5. The van der Waals surface area contributed by atoms with E-state index in [-0.39, 0.29) is 5.97 Å². The highest BCUT2D eigenvalue weighted by Crippen LogP contribution is 2.36. The van der Waals surface area contributed by atoms with Gasteiger partial charge in [0.05, 0.1) is 12.3 Å². The van der Waals surface area contributed by atoms with Crippen molar-refractivity contribution in [3.8, 4) is 5.69 Å². The van der Waals surface area contributed by atoms with Crippen molar-refractivity contribution >= 4 is 17.7 Å². The van der Waals surface area contributed by atoms with E-state index < -0.39 is 5.25 Å². The molecule has 26 heavy (non-hydrogen) atoms. The summed E-state index contributed by atoms with van der Waals surface area (Å²) in [5.41, 5.74) is 3.92. The first-order valence-corrected chi connectivity index (χ1v) is 9.22. The van der Waals surface area contributed by atoms with E-state index in [1.54, 1.807) is 11.6 Å². The number of hydrogen-bond acceptors (Lipinski definition) is 6. The summed E-state index contributed by atoms with van der Waals surface area (Å²) in [4.78, 5) is 12.5. The maximum Gasteiger partial charge on any atom is 0.324 e. The van der Waals surface area contributed by atoms with Crippen LogP contribution in [0.5, 0.6) is 0 Å². The summed E-state index contributed by atoms with van der Waals surface area (Å²) in [6, 6.07) is 15.6. The van der Waals surface area contributed by atoms with Crippen LogP contribution in [0.1, 0.15) is 28.9 Å². The highest BCUT2D eigenvalue weighted by Gasteiger charge is 2.26. The summed E-state index contributed by atoms with van der Waals surface area (Å²) < 4.78 is 6.93. The third-order valence-electron chi connectivity index (χ3n) is 3.86. The van der Waals surface area contributed by atoms with Crippen LogP contribution in [0.15, 0.2) is 53.7 Å². The Hall–Kier alpha value is -2.67. The van der Waals surface area contributed by atoms with E-state index >= 15 is 0 Å². The average molecular weight is 368 g/mol. The third-order valence-corrected chi connectivity index (χ3v) is 5.03. The number of thioether (sulfide) groups is 1. The number of carbonyl (C=O) groups is 1. The van der Waals surface area contributed by atoms with Gasteiger partial charge in [-0.25, -0.2) is 0 Å². The summed E-state index contributed by atoms with van der Waals surface area (Å²) in [6.07, 6.45) is 0. The topological polar surface area (TPSA) is 69.9 Å². The number of ether oxygens (including phenoxy) is 1. The zero-order chi connectivity index (χ0) is 18.5. The van der Waals surface area contributed by atoms with Gasteiger partial charge >= 0.3 is 5.97 Å². The summed E-state index contributed by atoms with van der Waals surface area (Å²) >= 11 is 1.28. The third kappa shape index (κ3) is 3.94. The molecule has 0 radical (unpaired) electrons. The van der Waals surface area contributed by atoms with E-state index in [1.165, 1.54) is 11.8 Å². The van der Waals surface area contributed by atoms with E-state index in [1.807, 2.05) is 62.4 Å². The molecule has 1 atom stereocenters. The van der Waals surface area contributed by atoms with Gasteiger partial charge in [0.1, 0.15) is 5.25 Å². The van der Waals surface area contributed by atoms with Gasteiger partial charge in [-0.05, 0) is 54.0 Å². The molecule has 0 N–H and O–H groups in total. The molecule has 1 heterocycles. The maximum atomic E-state index is 12.5. The molecule has 2 aromatic carbocycles. The lowest BCUT2D eigenvalue weighted by Crippen LogP contribution is -2.14. The molecule has 7 heteroatoms. The first kappa shape index (κ1) is 18.1. The van der Waals surface area contributed by atoms with Crippen LogP contribution in [-0.2, 0) is 9.53 Å². The zero-order valence-corrected chi connectivity index (χ0v) is 15.7. The van der Waals surface area contributed by atoms with Crippen LogP contribution < -0.4 is 0 Å². The molecule has 1 aromatic heterocycles. The number of carbonyl (C=O) groups excluding carboxylic acids is 1. The number of nitrogens with zero attached hydrogens (tertiary/aromatic N) is 4. The molecular weight excluding hydrogens is 348 g/mol. The molecule has 0 spiro atoms. The zero-order valence-electron chi connectivity index (χ0n) is 14.9. The molecule has 0 bridgehead atoms. The van der Waals surface area contributed by atoms with Gasteiger partial charge in [-0.3, -0.25) is 4.79 Å². The Kier molecular flexibility index (Phi) is 5.68. The van der Waals surface area contributed by atoms with Gasteiger partial charge in [0.25, 0.3) is 0 Å². The van der Waals surface area contributed by atoms with Crippen LogP contribution in [0.25, 0.3) is 5.69 Å². The van der Waals surface area contributed by atoms with Crippen LogP contribution in [0.2, 0.25) is 0 Å². The SMILES string of the molecule is CCOC(=O)[C@@H](Sc1nnnn1-c1cc(C)ccc1C)c1ccccc1. The van der Waals surface area contributed by atoms with Gasteiger partial charge in [-0.1, -0.05) is 54.2 Å². The lowest BCUT2D eigenvalue weighted by molar-refractivity contribution is -0.142. The first-order valence-electron chi connectivity index (χ1n) is 8.34. The van der Waals surface area contributed by atoms with Crippen molar-refractivity contribution in [2.24, 2.45) is 0 Å². The van der Waals surface area contributed by atoms with Crippen molar-refractivity contribution < 1.29 is 9.53 Å². The van der Waals surface area contributed by atoms with Crippen molar-refractivity contribution in [2.45, 2.75) is 31.2 Å². The lowest BCUT2D eigenvalue weighted by atomic mass is 10.1. The van der Waals surface area contributed by atoms with Gasteiger partial charge in [0.2, 0.25) is 5.16 Å². The van der Waals surface area contributed by atoms with Crippen LogP contribution in [0.3, 0.4) is 0 Å². The van der Waals surface area contributed by atoms with E-state index in [4.69, 9.17) is 4.74 Å². The summed E-state index contributed by atoms with van der Waals surface area (Å²) in [5.74, 6) is -0.306. The Bertz CT molecular complexity index is 896. The Labute approximate surface area is 156 Å². The lowest BCUT2D eigenvalue weighted by Gasteiger charge is -2.15. The van der Waals surface area contributed by atoms with E-state index in [0.29, 0.717) is 11.8 Å². The largest absolute Gasteiger partial charge is 0.465 e. The highest BCUT2D eigenvalue weighted by atomic mass is 32.2. The minimum Gasteiger partial charge on any atom is -0.465 e. The second-order valence-electron chi connectivity index (χ2n) is 5.82. The number of esters is 1. The van der Waals surface area contributed by atoms with E-state index in [2.05, 4.69) is 15.5 Å². The molecule has 0 saturated carbocycles.